The van der Waals surface area contributed by atoms with Crippen LogP contribution < -0.4 is 20.1 Å². The van der Waals surface area contributed by atoms with Gasteiger partial charge >= 0.3 is 0 Å². The van der Waals surface area contributed by atoms with Gasteiger partial charge in [0.15, 0.2) is 16.6 Å². The van der Waals surface area contributed by atoms with Gasteiger partial charge in [-0.1, -0.05) is 23.2 Å². The van der Waals surface area contributed by atoms with Gasteiger partial charge in [-0.2, -0.15) is 0 Å². The summed E-state index contributed by atoms with van der Waals surface area (Å²) in [7, 11) is 3.14. The Bertz CT molecular complexity index is 978. The van der Waals surface area contributed by atoms with E-state index in [1.807, 2.05) is 6.07 Å². The summed E-state index contributed by atoms with van der Waals surface area (Å²) in [5.74, 6) is 0.837. The maximum absolute atomic E-state index is 12.4. The fraction of sp³-hybridized carbons (Fsp3) is 0.111. The number of halogens is 2. The fourth-order valence-corrected chi connectivity index (χ4v) is 3.30. The van der Waals surface area contributed by atoms with Crippen LogP contribution in [0.15, 0.2) is 41.8 Å². The van der Waals surface area contributed by atoms with Gasteiger partial charge in [0.2, 0.25) is 0 Å². The zero-order valence-electron chi connectivity index (χ0n) is 14.4. The lowest BCUT2D eigenvalue weighted by Crippen LogP contribution is -2.12. The summed E-state index contributed by atoms with van der Waals surface area (Å²) in [5, 5.41) is 8.92. The summed E-state index contributed by atoms with van der Waals surface area (Å²) < 4.78 is 10.5. The van der Waals surface area contributed by atoms with Gasteiger partial charge in [-0.05, 0) is 30.3 Å². The predicted octanol–water partition coefficient (Wildman–Crippen LogP) is 5.46. The molecule has 0 saturated carbocycles. The molecule has 140 valence electrons. The van der Waals surface area contributed by atoms with Crippen LogP contribution in [0.3, 0.4) is 0 Å². The van der Waals surface area contributed by atoms with Crippen LogP contribution in [-0.4, -0.2) is 25.1 Å². The second kappa shape index (κ2) is 8.47. The highest BCUT2D eigenvalue weighted by atomic mass is 35.5. The molecule has 0 bridgehead atoms. The quantitative estimate of drug-likeness (QED) is 0.550. The molecule has 1 amide bonds. The summed E-state index contributed by atoms with van der Waals surface area (Å²) in [6.45, 7) is 0. The minimum absolute atomic E-state index is 0.263. The van der Waals surface area contributed by atoms with E-state index in [0.717, 1.165) is 5.69 Å². The van der Waals surface area contributed by atoms with E-state index in [1.54, 1.807) is 49.9 Å². The molecule has 27 heavy (non-hydrogen) atoms. The van der Waals surface area contributed by atoms with Gasteiger partial charge in [0.05, 0.1) is 24.9 Å². The minimum atomic E-state index is -0.379. The Morgan fingerprint density at radius 2 is 1.85 bits per heavy atom. The molecule has 6 nitrogen and oxygen atoms in total. The van der Waals surface area contributed by atoms with Crippen molar-refractivity contribution < 1.29 is 14.3 Å². The average Bonchev–Trinajstić information content (AvgIpc) is 3.13. The zero-order chi connectivity index (χ0) is 19.4. The monoisotopic (exact) mass is 423 g/mol. The number of carbonyl (C=O) groups is 1. The Kier molecular flexibility index (Phi) is 6.05. The van der Waals surface area contributed by atoms with Gasteiger partial charge in [0.1, 0.15) is 5.69 Å². The van der Waals surface area contributed by atoms with Crippen molar-refractivity contribution in [3.05, 3.63) is 57.5 Å². The molecule has 1 aromatic heterocycles. The summed E-state index contributed by atoms with van der Waals surface area (Å²) in [5.41, 5.74) is 1.45. The van der Waals surface area contributed by atoms with Crippen molar-refractivity contribution in [2.45, 2.75) is 0 Å². The molecule has 0 aliphatic heterocycles. The third kappa shape index (κ3) is 4.63. The van der Waals surface area contributed by atoms with Crippen LogP contribution in [0, 0.1) is 0 Å². The van der Waals surface area contributed by atoms with E-state index in [9.17, 15) is 4.79 Å². The van der Waals surface area contributed by atoms with Gasteiger partial charge < -0.3 is 20.1 Å². The van der Waals surface area contributed by atoms with E-state index >= 15 is 0 Å². The summed E-state index contributed by atoms with van der Waals surface area (Å²) >= 11 is 13.3. The molecule has 0 atom stereocenters. The maximum atomic E-state index is 12.4. The fourth-order valence-electron chi connectivity index (χ4n) is 2.25. The maximum Gasteiger partial charge on any atom is 0.275 e. The number of rotatable bonds is 6. The lowest BCUT2D eigenvalue weighted by molar-refractivity contribution is 0.102. The second-order valence-electron chi connectivity index (χ2n) is 5.31. The molecule has 0 aliphatic carbocycles. The summed E-state index contributed by atoms with van der Waals surface area (Å²) in [6.07, 6.45) is 0. The first-order chi connectivity index (χ1) is 13.0. The highest BCUT2D eigenvalue weighted by Gasteiger charge is 2.14. The molecule has 0 fully saturated rings. The number of nitrogens with zero attached hydrogens (tertiary/aromatic N) is 1. The Morgan fingerprint density at radius 3 is 2.59 bits per heavy atom. The molecule has 0 radical (unpaired) electrons. The number of amides is 1. The number of nitrogens with one attached hydrogen (secondary N) is 2. The number of methoxy groups -OCH3 is 2. The smallest absolute Gasteiger partial charge is 0.275 e. The van der Waals surface area contributed by atoms with E-state index in [4.69, 9.17) is 32.7 Å². The Morgan fingerprint density at radius 1 is 1.07 bits per heavy atom. The number of hydrogen-bond acceptors (Lipinski definition) is 6. The topological polar surface area (TPSA) is 72.5 Å². The second-order valence-corrected chi connectivity index (χ2v) is 7.01. The van der Waals surface area contributed by atoms with Crippen LogP contribution in [0.5, 0.6) is 11.5 Å². The van der Waals surface area contributed by atoms with Crippen LogP contribution in [0.4, 0.5) is 16.5 Å². The third-order valence-corrected chi connectivity index (χ3v) is 4.87. The number of anilines is 3. The van der Waals surface area contributed by atoms with Gasteiger partial charge in [0, 0.05) is 22.2 Å². The van der Waals surface area contributed by atoms with Crippen molar-refractivity contribution in [3.63, 3.8) is 0 Å². The lowest BCUT2D eigenvalue weighted by Gasteiger charge is -2.09. The predicted molar refractivity (Wildman–Crippen MR) is 109 cm³/mol. The van der Waals surface area contributed by atoms with E-state index in [0.29, 0.717) is 32.4 Å². The average molecular weight is 424 g/mol. The first kappa shape index (κ1) is 19.3. The molecular formula is C18H15Cl2N3O3S. The van der Waals surface area contributed by atoms with E-state index in [1.165, 1.54) is 11.3 Å². The first-order valence-electron chi connectivity index (χ1n) is 7.71. The summed E-state index contributed by atoms with van der Waals surface area (Å²) in [6, 6.07) is 10.2. The molecule has 3 rings (SSSR count). The standard InChI is InChI=1S/C18H15Cl2N3O3S/c1-25-15-6-4-11(8-16(15)26-2)21-18-23-14(9-27-18)17(24)22-13-7-10(19)3-5-12(13)20/h3-9H,1-2H3,(H,21,23)(H,22,24). The number of aromatic nitrogens is 1. The normalized spacial score (nSPS) is 10.4. The molecule has 9 heteroatoms. The molecule has 2 N–H and O–H groups in total. The summed E-state index contributed by atoms with van der Waals surface area (Å²) in [4.78, 5) is 16.7. The molecule has 0 spiro atoms. The van der Waals surface area contributed by atoms with Crippen molar-refractivity contribution in [3.8, 4) is 11.5 Å². The zero-order valence-corrected chi connectivity index (χ0v) is 16.7. The van der Waals surface area contributed by atoms with Crippen LogP contribution in [0.1, 0.15) is 10.5 Å². The Hall–Kier alpha value is -2.48. The van der Waals surface area contributed by atoms with Crippen LogP contribution in [0.2, 0.25) is 10.0 Å². The number of carbonyl (C=O) groups excluding carboxylic acids is 1. The molecular weight excluding hydrogens is 409 g/mol. The molecule has 1 heterocycles. The highest BCUT2D eigenvalue weighted by molar-refractivity contribution is 7.14. The molecule has 2 aromatic carbocycles. The van der Waals surface area contributed by atoms with Crippen molar-refractivity contribution in [1.82, 2.24) is 4.98 Å². The SMILES string of the molecule is COc1ccc(Nc2nc(C(=O)Nc3cc(Cl)ccc3Cl)cs2)cc1OC. The van der Waals surface area contributed by atoms with Crippen molar-refractivity contribution in [1.29, 1.82) is 0 Å². The van der Waals surface area contributed by atoms with Crippen LogP contribution >= 0.6 is 34.5 Å². The first-order valence-corrected chi connectivity index (χ1v) is 9.34. The minimum Gasteiger partial charge on any atom is -0.493 e. The Labute approximate surface area is 170 Å². The molecule has 3 aromatic rings. The molecule has 0 aliphatic rings. The number of hydrogen-bond donors (Lipinski definition) is 2. The van der Waals surface area contributed by atoms with E-state index < -0.39 is 0 Å². The lowest BCUT2D eigenvalue weighted by atomic mass is 10.3. The number of benzene rings is 2. The van der Waals surface area contributed by atoms with Crippen molar-refractivity contribution in [2.24, 2.45) is 0 Å². The molecule has 0 unspecified atom stereocenters. The van der Waals surface area contributed by atoms with Gasteiger partial charge in [0.25, 0.3) is 5.91 Å². The molecule has 0 saturated heterocycles. The van der Waals surface area contributed by atoms with Gasteiger partial charge in [-0.3, -0.25) is 4.79 Å². The highest BCUT2D eigenvalue weighted by Crippen LogP contribution is 2.32. The number of ether oxygens (including phenoxy) is 2. The van der Waals surface area contributed by atoms with Crippen molar-refractivity contribution in [2.75, 3.05) is 24.9 Å². The van der Waals surface area contributed by atoms with Crippen LogP contribution in [0.25, 0.3) is 0 Å². The Balaban J connectivity index is 1.73. The third-order valence-electron chi connectivity index (χ3n) is 3.55. The largest absolute Gasteiger partial charge is 0.493 e. The van der Waals surface area contributed by atoms with E-state index in [2.05, 4.69) is 15.6 Å². The number of thiazole rings is 1. The van der Waals surface area contributed by atoms with Gasteiger partial charge in [-0.15, -0.1) is 11.3 Å². The van der Waals surface area contributed by atoms with Crippen LogP contribution in [-0.2, 0) is 0 Å². The van der Waals surface area contributed by atoms with Gasteiger partial charge in [-0.25, -0.2) is 4.98 Å². The van der Waals surface area contributed by atoms with Crippen molar-refractivity contribution >= 4 is 57.0 Å². The van der Waals surface area contributed by atoms with E-state index in [-0.39, 0.29) is 11.6 Å².